The van der Waals surface area contributed by atoms with Crippen LogP contribution in [0.15, 0.2) is 54.9 Å². The van der Waals surface area contributed by atoms with Crippen LogP contribution in [0.5, 0.6) is 5.75 Å². The van der Waals surface area contributed by atoms with Gasteiger partial charge in [0.1, 0.15) is 24.0 Å². The smallest absolute Gasteiger partial charge is 0.320 e. The van der Waals surface area contributed by atoms with Crippen LogP contribution in [0.2, 0.25) is 5.02 Å². The summed E-state index contributed by atoms with van der Waals surface area (Å²) >= 11 is 6.96. The van der Waals surface area contributed by atoms with Crippen molar-refractivity contribution in [2.75, 3.05) is 44.2 Å². The van der Waals surface area contributed by atoms with E-state index in [9.17, 15) is 28.8 Å². The van der Waals surface area contributed by atoms with Crippen LogP contribution in [0.25, 0.3) is 22.2 Å². The number of fused-ring (bicyclic) bond motifs is 2. The fourth-order valence-electron chi connectivity index (χ4n) is 7.94. The van der Waals surface area contributed by atoms with Gasteiger partial charge in [0.25, 0.3) is 11.8 Å². The van der Waals surface area contributed by atoms with Crippen LogP contribution in [-0.4, -0.2) is 106 Å². The first kappa shape index (κ1) is 34.0. The third-order valence-corrected chi connectivity index (χ3v) is 11.5. The molecule has 1 atom stereocenters. The van der Waals surface area contributed by atoms with E-state index in [1.807, 2.05) is 30.5 Å². The molecule has 2 aromatic carbocycles. The number of aromatic amines is 1. The van der Waals surface area contributed by atoms with Crippen molar-refractivity contribution in [2.24, 2.45) is 5.92 Å². The first-order valence-electron chi connectivity index (χ1n) is 18.2. The fraction of sp³-hybridized carbons (Fsp3) is 0.359. The Bertz CT molecular complexity index is 2280. The highest BCUT2D eigenvalue weighted by molar-refractivity contribution is 6.38. The number of carbonyl (C=O) groups is 6. The molecule has 2 aromatic heterocycles. The van der Waals surface area contributed by atoms with Gasteiger partial charge in [-0.25, -0.2) is 9.78 Å². The summed E-state index contributed by atoms with van der Waals surface area (Å²) in [6, 6.07) is 11.1. The highest BCUT2D eigenvalue weighted by atomic mass is 35.5. The van der Waals surface area contributed by atoms with Gasteiger partial charge in [0, 0.05) is 61.6 Å². The molecule has 14 nitrogen and oxygen atoms in total. The lowest BCUT2D eigenvalue weighted by molar-refractivity contribution is -0.136. The van der Waals surface area contributed by atoms with Crippen molar-refractivity contribution in [3.63, 3.8) is 0 Å². The quantitative estimate of drug-likeness (QED) is 0.251. The van der Waals surface area contributed by atoms with E-state index in [-0.39, 0.29) is 48.4 Å². The Hall–Kier alpha value is -5.76. The molecule has 4 aromatic rings. The first-order valence-corrected chi connectivity index (χ1v) is 18.6. The maximum atomic E-state index is 13.4. The minimum atomic E-state index is -1.03. The number of piperidine rings is 1. The van der Waals surface area contributed by atoms with Gasteiger partial charge in [-0.15, -0.1) is 0 Å². The molecular formula is C39H36ClN7O7. The molecule has 1 unspecified atom stereocenters. The Morgan fingerprint density at radius 2 is 1.74 bits per heavy atom. The van der Waals surface area contributed by atoms with Gasteiger partial charge >= 0.3 is 6.03 Å². The number of halogens is 1. The van der Waals surface area contributed by atoms with Crippen LogP contribution in [0, 0.1) is 5.92 Å². The Labute approximate surface area is 314 Å². The molecule has 276 valence electrons. The zero-order chi connectivity index (χ0) is 37.2. The molecule has 2 N–H and O–H groups in total. The van der Waals surface area contributed by atoms with Crippen LogP contribution in [0.1, 0.15) is 64.3 Å². The first-order chi connectivity index (χ1) is 26.1. The number of pyridine rings is 1. The molecule has 6 heterocycles. The lowest BCUT2D eigenvalue weighted by Crippen LogP contribution is -2.60. The predicted molar refractivity (Wildman–Crippen MR) is 196 cm³/mol. The number of hydrogen-bond donors (Lipinski definition) is 2. The molecule has 4 aliphatic heterocycles. The van der Waals surface area contributed by atoms with Gasteiger partial charge in [0.05, 0.1) is 22.8 Å². The highest BCUT2D eigenvalue weighted by Gasteiger charge is 2.45. The third-order valence-electron chi connectivity index (χ3n) is 11.1. The summed E-state index contributed by atoms with van der Waals surface area (Å²) in [5.41, 5.74) is 4.74. The normalized spacial score (nSPS) is 20.5. The monoisotopic (exact) mass is 749 g/mol. The van der Waals surface area contributed by atoms with Gasteiger partial charge in [-0.05, 0) is 79.0 Å². The second kappa shape index (κ2) is 13.3. The van der Waals surface area contributed by atoms with Gasteiger partial charge in [-0.3, -0.25) is 34.2 Å². The second-order valence-corrected chi connectivity index (χ2v) is 15.0. The zero-order valence-corrected chi connectivity index (χ0v) is 29.9. The number of likely N-dealkylation sites (tertiary alicyclic amines) is 1. The third kappa shape index (κ3) is 5.94. The van der Waals surface area contributed by atoms with E-state index in [2.05, 4.69) is 15.3 Å². The van der Waals surface area contributed by atoms with Crippen LogP contribution in [0.4, 0.5) is 10.5 Å². The summed E-state index contributed by atoms with van der Waals surface area (Å²) in [5, 5.41) is 3.80. The summed E-state index contributed by atoms with van der Waals surface area (Å²) in [7, 11) is 0. The number of hydrogen-bond acceptors (Lipinski definition) is 8. The lowest BCUT2D eigenvalue weighted by Gasteiger charge is -2.43. The van der Waals surface area contributed by atoms with E-state index < -0.39 is 29.7 Å². The van der Waals surface area contributed by atoms with Gasteiger partial charge in [0.2, 0.25) is 17.7 Å². The number of amides is 7. The van der Waals surface area contributed by atoms with Gasteiger partial charge in [-0.1, -0.05) is 23.7 Å². The molecule has 5 aliphatic rings. The van der Waals surface area contributed by atoms with Gasteiger partial charge in [0.15, 0.2) is 0 Å². The summed E-state index contributed by atoms with van der Waals surface area (Å²) in [4.78, 5) is 90.4. The number of piperazine rings is 1. The Morgan fingerprint density at radius 3 is 2.52 bits per heavy atom. The van der Waals surface area contributed by atoms with Crippen molar-refractivity contribution in [1.29, 1.82) is 0 Å². The molecule has 9 rings (SSSR count). The molecule has 3 saturated heterocycles. The van der Waals surface area contributed by atoms with E-state index in [4.69, 9.17) is 16.3 Å². The average Bonchev–Trinajstić information content (AvgIpc) is 3.85. The van der Waals surface area contributed by atoms with E-state index in [1.54, 1.807) is 27.0 Å². The number of anilines is 1. The second-order valence-electron chi connectivity index (χ2n) is 14.6. The van der Waals surface area contributed by atoms with Crippen molar-refractivity contribution in [1.82, 2.24) is 30.0 Å². The van der Waals surface area contributed by atoms with Gasteiger partial charge < -0.3 is 24.4 Å². The molecule has 7 amide bonds. The van der Waals surface area contributed by atoms with E-state index in [0.717, 1.165) is 45.6 Å². The fourth-order valence-corrected chi connectivity index (χ4v) is 8.30. The number of aromatic nitrogens is 2. The maximum Gasteiger partial charge on any atom is 0.320 e. The Kier molecular flexibility index (Phi) is 8.36. The molecule has 1 saturated carbocycles. The summed E-state index contributed by atoms with van der Waals surface area (Å²) in [5.74, 6) is -1.27. The minimum Gasteiger partial charge on any atom is -0.494 e. The molecule has 54 heavy (non-hydrogen) atoms. The topological polar surface area (TPSA) is 165 Å². The Balaban J connectivity index is 0.761. The van der Waals surface area contributed by atoms with Crippen LogP contribution in [-0.2, 0) is 14.4 Å². The SMILES string of the molecule is O=C1CCC(N2C(=O)c3ccc(OCCC4CN(C(=O)N5CCN(c6cccc(-c7cnc8[nH]cc(C9CC9)c8c7Cl)c6)C(=O)C5)C4)cc3C2=O)C(=O)N1. The van der Waals surface area contributed by atoms with Crippen molar-refractivity contribution < 1.29 is 33.5 Å². The summed E-state index contributed by atoms with van der Waals surface area (Å²) < 4.78 is 5.91. The minimum absolute atomic E-state index is 0.0176. The van der Waals surface area contributed by atoms with E-state index in [1.165, 1.54) is 17.7 Å². The van der Waals surface area contributed by atoms with Crippen LogP contribution >= 0.6 is 11.6 Å². The number of carbonyl (C=O) groups excluding carboxylic acids is 6. The van der Waals surface area contributed by atoms with Crippen molar-refractivity contribution in [2.45, 2.75) is 44.1 Å². The number of benzene rings is 2. The molecule has 0 radical (unpaired) electrons. The lowest BCUT2D eigenvalue weighted by atomic mass is 9.97. The number of imide groups is 2. The number of ether oxygens (including phenoxy) is 1. The molecular weight excluding hydrogens is 714 g/mol. The largest absolute Gasteiger partial charge is 0.494 e. The number of nitrogens with one attached hydrogen (secondary N) is 2. The Morgan fingerprint density at radius 1 is 0.926 bits per heavy atom. The van der Waals surface area contributed by atoms with E-state index in [0.29, 0.717) is 55.9 Å². The number of nitrogens with zero attached hydrogens (tertiary/aromatic N) is 5. The maximum absolute atomic E-state index is 13.4. The van der Waals surface area contributed by atoms with Crippen LogP contribution in [0.3, 0.4) is 0 Å². The molecule has 0 spiro atoms. The number of rotatable bonds is 8. The van der Waals surface area contributed by atoms with E-state index >= 15 is 0 Å². The standard InChI is InChI=1S/C39H36ClN7O7/c40-34-29(17-42-35-33(34)28(16-41-35)22-4-5-22)23-2-1-3-24(14-23)46-12-11-44(20-32(46)49)39(53)45-18-21(19-45)10-13-54-25-6-7-26-27(15-25)38(52)47(37(26)51)30-8-9-31(48)43-36(30)50/h1-3,6-7,14-17,21-22,30H,4-5,8-13,18-20H2,(H,41,42)(H,43,48,50). The molecule has 1 aliphatic carbocycles. The highest BCUT2D eigenvalue weighted by Crippen LogP contribution is 2.46. The van der Waals surface area contributed by atoms with Crippen molar-refractivity contribution in [3.05, 3.63) is 76.6 Å². The molecule has 15 heteroatoms. The summed E-state index contributed by atoms with van der Waals surface area (Å²) in [6.45, 7) is 2.17. The van der Waals surface area contributed by atoms with Gasteiger partial charge in [-0.2, -0.15) is 0 Å². The van der Waals surface area contributed by atoms with Crippen molar-refractivity contribution in [3.8, 4) is 16.9 Å². The van der Waals surface area contributed by atoms with Crippen molar-refractivity contribution >= 4 is 63.9 Å². The number of urea groups is 1. The number of H-pyrrole nitrogens is 1. The predicted octanol–water partition coefficient (Wildman–Crippen LogP) is 4.33. The molecule has 4 fully saturated rings. The summed E-state index contributed by atoms with van der Waals surface area (Å²) in [6.07, 6.45) is 6.87. The van der Waals surface area contributed by atoms with Crippen LogP contribution < -0.4 is 15.0 Å². The zero-order valence-electron chi connectivity index (χ0n) is 29.2. The average molecular weight is 750 g/mol. The molecule has 0 bridgehead atoms.